The molecule has 4 nitrogen and oxygen atoms in total. The summed E-state index contributed by atoms with van der Waals surface area (Å²) in [4.78, 5) is 16.8. The minimum Gasteiger partial charge on any atom is -0.338 e. The fourth-order valence-corrected chi connectivity index (χ4v) is 3.23. The van der Waals surface area contributed by atoms with Crippen LogP contribution in [0.15, 0.2) is 54.6 Å². The molecule has 1 fully saturated rings. The number of halogens is 1. The van der Waals surface area contributed by atoms with Crippen molar-refractivity contribution in [1.29, 1.82) is 0 Å². The molecule has 0 bridgehead atoms. The Hall–Kier alpha value is -2.40. The molecule has 1 N–H and O–H groups in total. The molecule has 1 saturated heterocycles. The SMILES string of the molecule is CN1CCN(C(=O)NCCc2cccc(F)c2)C(c2ccccc2)C1. The summed E-state index contributed by atoms with van der Waals surface area (Å²) in [5.41, 5.74) is 2.03. The van der Waals surface area contributed by atoms with Gasteiger partial charge in [-0.05, 0) is 36.7 Å². The maximum atomic E-state index is 13.2. The molecule has 2 aromatic carbocycles. The van der Waals surface area contributed by atoms with Crippen molar-refractivity contribution in [3.63, 3.8) is 0 Å². The Morgan fingerprint density at radius 1 is 1.16 bits per heavy atom. The molecule has 2 amide bonds. The van der Waals surface area contributed by atoms with E-state index in [9.17, 15) is 9.18 Å². The zero-order valence-electron chi connectivity index (χ0n) is 14.5. The molecule has 1 aliphatic rings. The van der Waals surface area contributed by atoms with E-state index in [1.807, 2.05) is 29.2 Å². The second kappa shape index (κ2) is 8.12. The average molecular weight is 341 g/mol. The van der Waals surface area contributed by atoms with Gasteiger partial charge in [0.1, 0.15) is 5.82 Å². The predicted molar refractivity (Wildman–Crippen MR) is 96.9 cm³/mol. The Morgan fingerprint density at radius 2 is 1.96 bits per heavy atom. The number of nitrogens with zero attached hydrogens (tertiary/aromatic N) is 2. The lowest BCUT2D eigenvalue weighted by atomic mass is 10.0. The summed E-state index contributed by atoms with van der Waals surface area (Å²) >= 11 is 0. The van der Waals surface area contributed by atoms with E-state index in [2.05, 4.69) is 29.4 Å². The average Bonchev–Trinajstić information content (AvgIpc) is 2.62. The first-order valence-corrected chi connectivity index (χ1v) is 8.66. The van der Waals surface area contributed by atoms with E-state index in [-0.39, 0.29) is 17.9 Å². The van der Waals surface area contributed by atoms with Crippen LogP contribution in [0.5, 0.6) is 0 Å². The molecule has 5 heteroatoms. The molecule has 0 saturated carbocycles. The molecule has 1 unspecified atom stereocenters. The van der Waals surface area contributed by atoms with Gasteiger partial charge in [-0.3, -0.25) is 0 Å². The van der Waals surface area contributed by atoms with Crippen molar-refractivity contribution in [3.8, 4) is 0 Å². The maximum absolute atomic E-state index is 13.2. The van der Waals surface area contributed by atoms with E-state index in [4.69, 9.17) is 0 Å². The molecule has 0 aliphatic carbocycles. The molecule has 3 rings (SSSR count). The topological polar surface area (TPSA) is 35.6 Å². The first-order valence-electron chi connectivity index (χ1n) is 8.66. The second-order valence-electron chi connectivity index (χ2n) is 6.49. The van der Waals surface area contributed by atoms with E-state index in [0.29, 0.717) is 19.5 Å². The molecule has 2 aromatic rings. The minimum atomic E-state index is -0.243. The molecule has 1 atom stereocenters. The van der Waals surface area contributed by atoms with Crippen molar-refractivity contribution in [2.75, 3.05) is 33.2 Å². The summed E-state index contributed by atoms with van der Waals surface area (Å²) in [5, 5.41) is 2.98. The van der Waals surface area contributed by atoms with Gasteiger partial charge in [0.2, 0.25) is 0 Å². The lowest BCUT2D eigenvalue weighted by Gasteiger charge is -2.40. The number of carbonyl (C=O) groups is 1. The van der Waals surface area contributed by atoms with Gasteiger partial charge in [-0.15, -0.1) is 0 Å². The van der Waals surface area contributed by atoms with Crippen LogP contribution < -0.4 is 5.32 Å². The lowest BCUT2D eigenvalue weighted by Crippen LogP contribution is -2.52. The largest absolute Gasteiger partial charge is 0.338 e. The monoisotopic (exact) mass is 341 g/mol. The zero-order valence-corrected chi connectivity index (χ0v) is 14.5. The molecule has 0 aromatic heterocycles. The molecular formula is C20H24FN3O. The van der Waals surface area contributed by atoms with Crippen molar-refractivity contribution >= 4 is 6.03 Å². The van der Waals surface area contributed by atoms with E-state index in [1.54, 1.807) is 6.07 Å². The lowest BCUT2D eigenvalue weighted by molar-refractivity contribution is 0.109. The van der Waals surface area contributed by atoms with Gasteiger partial charge in [-0.1, -0.05) is 42.5 Å². The Balaban J connectivity index is 1.61. The Bertz CT molecular complexity index is 707. The molecule has 132 valence electrons. The Labute approximate surface area is 148 Å². The van der Waals surface area contributed by atoms with E-state index in [1.165, 1.54) is 12.1 Å². The summed E-state index contributed by atoms with van der Waals surface area (Å²) in [6, 6.07) is 16.6. The van der Waals surface area contributed by atoms with Crippen LogP contribution in [-0.2, 0) is 6.42 Å². The third kappa shape index (κ3) is 4.57. The standard InChI is InChI=1S/C20H24FN3O/c1-23-12-13-24(19(15-23)17-7-3-2-4-8-17)20(25)22-11-10-16-6-5-9-18(21)14-16/h2-9,14,19H,10-13,15H2,1H3,(H,22,25). The number of nitrogens with one attached hydrogen (secondary N) is 1. The van der Waals surface area contributed by atoms with E-state index in [0.717, 1.165) is 24.2 Å². The van der Waals surface area contributed by atoms with Crippen LogP contribution in [0, 0.1) is 5.82 Å². The number of hydrogen-bond donors (Lipinski definition) is 1. The van der Waals surface area contributed by atoms with Crippen LogP contribution in [-0.4, -0.2) is 49.1 Å². The third-order valence-electron chi connectivity index (χ3n) is 4.61. The first kappa shape index (κ1) is 17.4. The molecule has 25 heavy (non-hydrogen) atoms. The van der Waals surface area contributed by atoms with Gasteiger partial charge in [-0.25, -0.2) is 9.18 Å². The zero-order chi connectivity index (χ0) is 17.6. The fraction of sp³-hybridized carbons (Fsp3) is 0.350. The summed E-state index contributed by atoms with van der Waals surface area (Å²) in [5.74, 6) is -0.243. The maximum Gasteiger partial charge on any atom is 0.318 e. The van der Waals surface area contributed by atoms with Gasteiger partial charge in [-0.2, -0.15) is 0 Å². The number of urea groups is 1. The molecule has 0 radical (unpaired) electrons. The Kier molecular flexibility index (Phi) is 5.66. The van der Waals surface area contributed by atoms with Crippen LogP contribution in [0.1, 0.15) is 17.2 Å². The van der Waals surface area contributed by atoms with Gasteiger partial charge in [0, 0.05) is 26.2 Å². The summed E-state index contributed by atoms with van der Waals surface area (Å²) in [6.07, 6.45) is 0.618. The molecule has 1 heterocycles. The number of rotatable bonds is 4. The smallest absolute Gasteiger partial charge is 0.318 e. The van der Waals surface area contributed by atoms with Crippen molar-refractivity contribution in [3.05, 3.63) is 71.5 Å². The highest BCUT2D eigenvalue weighted by Gasteiger charge is 2.29. The number of likely N-dealkylation sites (N-methyl/N-ethyl adjacent to an activating group) is 1. The van der Waals surface area contributed by atoms with Crippen molar-refractivity contribution in [2.24, 2.45) is 0 Å². The summed E-state index contributed by atoms with van der Waals surface area (Å²) < 4.78 is 13.2. The van der Waals surface area contributed by atoms with Crippen LogP contribution in [0.4, 0.5) is 9.18 Å². The number of piperazine rings is 1. The van der Waals surface area contributed by atoms with Crippen molar-refractivity contribution in [2.45, 2.75) is 12.5 Å². The summed E-state index contributed by atoms with van der Waals surface area (Å²) in [7, 11) is 2.08. The van der Waals surface area contributed by atoms with E-state index >= 15 is 0 Å². The third-order valence-corrected chi connectivity index (χ3v) is 4.61. The van der Waals surface area contributed by atoms with Gasteiger partial charge in [0.25, 0.3) is 0 Å². The van der Waals surface area contributed by atoms with Crippen LogP contribution in [0.3, 0.4) is 0 Å². The van der Waals surface area contributed by atoms with Crippen LogP contribution >= 0.6 is 0 Å². The van der Waals surface area contributed by atoms with Gasteiger partial charge in [0.05, 0.1) is 6.04 Å². The summed E-state index contributed by atoms with van der Waals surface area (Å²) in [6.45, 7) is 2.87. The number of carbonyl (C=O) groups excluding carboxylic acids is 1. The van der Waals surface area contributed by atoms with Gasteiger partial charge < -0.3 is 15.1 Å². The molecule has 0 spiro atoms. The number of amides is 2. The number of benzene rings is 2. The predicted octanol–water partition coefficient (Wildman–Crippen LogP) is 3.07. The normalized spacial score (nSPS) is 18.2. The highest BCUT2D eigenvalue weighted by molar-refractivity contribution is 5.75. The van der Waals surface area contributed by atoms with Gasteiger partial charge >= 0.3 is 6.03 Å². The van der Waals surface area contributed by atoms with Crippen molar-refractivity contribution in [1.82, 2.24) is 15.1 Å². The highest BCUT2D eigenvalue weighted by atomic mass is 19.1. The minimum absolute atomic E-state index is 0.0501. The second-order valence-corrected chi connectivity index (χ2v) is 6.49. The van der Waals surface area contributed by atoms with Crippen LogP contribution in [0.25, 0.3) is 0 Å². The molecular weight excluding hydrogens is 317 g/mol. The highest BCUT2D eigenvalue weighted by Crippen LogP contribution is 2.24. The van der Waals surface area contributed by atoms with E-state index < -0.39 is 0 Å². The number of hydrogen-bond acceptors (Lipinski definition) is 2. The quantitative estimate of drug-likeness (QED) is 0.928. The Morgan fingerprint density at radius 3 is 2.72 bits per heavy atom. The molecule has 1 aliphatic heterocycles. The first-order chi connectivity index (χ1) is 12.1. The fourth-order valence-electron chi connectivity index (χ4n) is 3.23. The van der Waals surface area contributed by atoms with Crippen LogP contribution in [0.2, 0.25) is 0 Å². The van der Waals surface area contributed by atoms with Crippen molar-refractivity contribution < 1.29 is 9.18 Å². The van der Waals surface area contributed by atoms with Gasteiger partial charge in [0.15, 0.2) is 0 Å².